The van der Waals surface area contributed by atoms with Crippen LogP contribution in [0.3, 0.4) is 0 Å². The summed E-state index contributed by atoms with van der Waals surface area (Å²) in [5.41, 5.74) is 1.64. The second-order valence-electron chi connectivity index (χ2n) is 6.53. The number of hydrogen-bond donors (Lipinski definition) is 3. The van der Waals surface area contributed by atoms with E-state index >= 15 is 0 Å². The molecule has 0 spiro atoms. The molecule has 9 nitrogen and oxygen atoms in total. The van der Waals surface area contributed by atoms with Gasteiger partial charge in [-0.05, 0) is 54.6 Å². The molecule has 0 radical (unpaired) electrons. The summed E-state index contributed by atoms with van der Waals surface area (Å²) in [6.45, 7) is 10.0. The Morgan fingerprint density at radius 2 is 1.56 bits per heavy atom. The number of amides is 1. The number of carboxylic acid groups (broad SMARTS) is 1. The molecule has 0 aromatic carbocycles. The van der Waals surface area contributed by atoms with Gasteiger partial charge in [-0.25, -0.2) is 0 Å². The molecular weight excluding hydrogens is 374 g/mol. The van der Waals surface area contributed by atoms with Crippen molar-refractivity contribution in [2.75, 3.05) is 32.9 Å². The lowest BCUT2D eigenvalue weighted by molar-refractivity contribution is -0.141. The summed E-state index contributed by atoms with van der Waals surface area (Å²) >= 11 is 0. The first-order valence-corrected chi connectivity index (χ1v) is 10.1. The van der Waals surface area contributed by atoms with E-state index in [-0.39, 0.29) is 30.3 Å². The van der Waals surface area contributed by atoms with Gasteiger partial charge in [-0.2, -0.15) is 8.42 Å². The normalized spacial score (nSPS) is 11.6. The second kappa shape index (κ2) is 14.6. The summed E-state index contributed by atoms with van der Waals surface area (Å²) in [6, 6.07) is -0.380. The van der Waals surface area contributed by atoms with E-state index in [1.807, 2.05) is 20.8 Å². The maximum Gasteiger partial charge on any atom is 0.320 e. The van der Waals surface area contributed by atoms with Crippen molar-refractivity contribution in [1.29, 1.82) is 0 Å². The lowest BCUT2D eigenvalue weighted by Crippen LogP contribution is -2.34. The molecule has 1 amide bonds. The van der Waals surface area contributed by atoms with E-state index in [0.29, 0.717) is 18.7 Å². The zero-order valence-electron chi connectivity index (χ0n) is 17.7. The fraction of sp³-hybridized carbons (Fsp3) is 0.765. The minimum atomic E-state index is -3.95. The zero-order valence-corrected chi connectivity index (χ0v) is 18.5. The van der Waals surface area contributed by atoms with E-state index in [2.05, 4.69) is 0 Å². The fourth-order valence-electron chi connectivity index (χ4n) is 1.69. The molecule has 0 fully saturated rings. The highest BCUT2D eigenvalue weighted by Crippen LogP contribution is 2.08. The van der Waals surface area contributed by atoms with Gasteiger partial charge in [0, 0.05) is 18.7 Å². The van der Waals surface area contributed by atoms with Gasteiger partial charge in [0.1, 0.15) is 6.04 Å². The van der Waals surface area contributed by atoms with Crippen molar-refractivity contribution in [1.82, 2.24) is 16.0 Å². The SMILES string of the molecule is CC(C(=O)O)N(C)C.CCCN(CCCS(=O)(=O)O)C(=O)C(C)=C(C)C.N. The molecule has 0 aromatic heterocycles. The highest BCUT2D eigenvalue weighted by molar-refractivity contribution is 7.85. The monoisotopic (exact) mass is 411 g/mol. The summed E-state index contributed by atoms with van der Waals surface area (Å²) in [6.07, 6.45) is 1.06. The van der Waals surface area contributed by atoms with Gasteiger partial charge in [0.25, 0.3) is 10.1 Å². The van der Waals surface area contributed by atoms with Crippen LogP contribution < -0.4 is 6.15 Å². The predicted molar refractivity (Wildman–Crippen MR) is 108 cm³/mol. The molecule has 0 aliphatic heterocycles. The maximum absolute atomic E-state index is 12.1. The summed E-state index contributed by atoms with van der Waals surface area (Å²) < 4.78 is 29.9. The van der Waals surface area contributed by atoms with Crippen LogP contribution in [0.1, 0.15) is 47.5 Å². The van der Waals surface area contributed by atoms with Crippen LogP contribution in [0.25, 0.3) is 0 Å². The smallest absolute Gasteiger partial charge is 0.320 e. The van der Waals surface area contributed by atoms with E-state index in [1.165, 1.54) is 0 Å². The molecular formula is C17H37N3O6S. The predicted octanol–water partition coefficient (Wildman–Crippen LogP) is 2.04. The van der Waals surface area contributed by atoms with Crippen LogP contribution in [0.15, 0.2) is 11.1 Å². The van der Waals surface area contributed by atoms with Crippen molar-refractivity contribution in [3.05, 3.63) is 11.1 Å². The average molecular weight is 412 g/mol. The second-order valence-corrected chi connectivity index (χ2v) is 8.11. The quantitative estimate of drug-likeness (QED) is 0.385. The highest BCUT2D eigenvalue weighted by atomic mass is 32.2. The van der Waals surface area contributed by atoms with Gasteiger partial charge >= 0.3 is 5.97 Å². The average Bonchev–Trinajstić information content (AvgIpc) is 2.51. The summed E-state index contributed by atoms with van der Waals surface area (Å²) in [5, 5.41) is 8.31. The van der Waals surface area contributed by atoms with Crippen LogP contribution in [-0.4, -0.2) is 78.7 Å². The fourth-order valence-corrected chi connectivity index (χ4v) is 2.19. The molecule has 0 aromatic rings. The lowest BCUT2D eigenvalue weighted by atomic mass is 10.1. The van der Waals surface area contributed by atoms with Gasteiger partial charge in [0.05, 0.1) is 5.75 Å². The summed E-state index contributed by atoms with van der Waals surface area (Å²) in [7, 11) is -0.477. The van der Waals surface area contributed by atoms with Gasteiger partial charge in [0.15, 0.2) is 0 Å². The Hall–Kier alpha value is -1.49. The van der Waals surface area contributed by atoms with Crippen molar-refractivity contribution >= 4 is 22.0 Å². The summed E-state index contributed by atoms with van der Waals surface area (Å²) in [5.74, 6) is -1.16. The Morgan fingerprint density at radius 1 is 1.07 bits per heavy atom. The first-order valence-electron chi connectivity index (χ1n) is 8.52. The third kappa shape index (κ3) is 15.3. The Labute approximate surface area is 163 Å². The molecule has 0 aliphatic rings. The first kappa shape index (κ1) is 30.2. The van der Waals surface area contributed by atoms with Crippen LogP contribution in [0.2, 0.25) is 0 Å². The molecule has 10 heteroatoms. The molecule has 0 heterocycles. The van der Waals surface area contributed by atoms with Gasteiger partial charge in [-0.1, -0.05) is 12.5 Å². The van der Waals surface area contributed by atoms with Crippen LogP contribution in [-0.2, 0) is 19.7 Å². The van der Waals surface area contributed by atoms with E-state index < -0.39 is 16.1 Å². The number of rotatable bonds is 9. The van der Waals surface area contributed by atoms with Crippen LogP contribution in [0.5, 0.6) is 0 Å². The number of carboxylic acids is 1. The van der Waals surface area contributed by atoms with Crippen molar-refractivity contribution in [2.45, 2.75) is 53.5 Å². The maximum atomic E-state index is 12.1. The van der Waals surface area contributed by atoms with Crippen molar-refractivity contribution < 1.29 is 27.7 Å². The van der Waals surface area contributed by atoms with Gasteiger partial charge in [-0.3, -0.25) is 19.0 Å². The molecule has 5 N–H and O–H groups in total. The lowest BCUT2D eigenvalue weighted by Gasteiger charge is -2.22. The van der Waals surface area contributed by atoms with Crippen LogP contribution >= 0.6 is 0 Å². The van der Waals surface area contributed by atoms with Crippen molar-refractivity contribution in [2.24, 2.45) is 0 Å². The largest absolute Gasteiger partial charge is 0.480 e. The molecule has 0 rings (SSSR count). The molecule has 1 atom stereocenters. The molecule has 0 aliphatic carbocycles. The molecule has 0 bridgehead atoms. The topological polar surface area (TPSA) is 150 Å². The van der Waals surface area contributed by atoms with Gasteiger partial charge in [0.2, 0.25) is 5.91 Å². The Kier molecular flexibility index (Phi) is 16.3. The number of likely N-dealkylation sites (N-methyl/N-ethyl adjacent to an activating group) is 1. The molecule has 0 saturated carbocycles. The zero-order chi connectivity index (χ0) is 21.1. The number of aliphatic carboxylic acids is 1. The third-order valence-corrected chi connectivity index (χ3v) is 4.62. The van der Waals surface area contributed by atoms with Gasteiger partial charge < -0.3 is 16.2 Å². The number of hydrogen-bond acceptors (Lipinski definition) is 6. The Balaban J connectivity index is -0.000000542. The number of carbonyl (C=O) groups excluding carboxylic acids is 1. The van der Waals surface area contributed by atoms with Crippen LogP contribution in [0.4, 0.5) is 0 Å². The van der Waals surface area contributed by atoms with E-state index in [4.69, 9.17) is 9.66 Å². The number of allylic oxidation sites excluding steroid dienone is 1. The van der Waals surface area contributed by atoms with Crippen molar-refractivity contribution in [3.8, 4) is 0 Å². The molecule has 0 saturated heterocycles. The minimum Gasteiger partial charge on any atom is -0.480 e. The van der Waals surface area contributed by atoms with E-state index in [1.54, 1.807) is 37.7 Å². The summed E-state index contributed by atoms with van der Waals surface area (Å²) in [4.78, 5) is 25.5. The third-order valence-electron chi connectivity index (χ3n) is 3.81. The van der Waals surface area contributed by atoms with Crippen molar-refractivity contribution in [3.63, 3.8) is 0 Å². The Bertz CT molecular complexity index is 583. The Morgan fingerprint density at radius 3 is 1.81 bits per heavy atom. The number of carbonyl (C=O) groups is 2. The standard InChI is InChI=1S/C12H23NO4S.C5H11NO2.H3N/c1-5-7-13(8-6-9-18(15,16)17)12(14)11(4)10(2)3;1-4(5(7)8)6(2)3;/h5-9H2,1-4H3,(H,15,16,17);4H,1-3H3,(H,7,8);1H3. The van der Waals surface area contributed by atoms with Gasteiger partial charge in [-0.15, -0.1) is 0 Å². The highest BCUT2D eigenvalue weighted by Gasteiger charge is 2.16. The van der Waals surface area contributed by atoms with E-state index in [9.17, 15) is 18.0 Å². The van der Waals surface area contributed by atoms with E-state index in [0.717, 1.165) is 12.0 Å². The molecule has 162 valence electrons. The van der Waals surface area contributed by atoms with Crippen LogP contribution in [0, 0.1) is 0 Å². The minimum absolute atomic E-state index is 0. The number of nitrogens with zero attached hydrogens (tertiary/aromatic N) is 2. The molecule has 27 heavy (non-hydrogen) atoms. The molecule has 1 unspecified atom stereocenters. The first-order chi connectivity index (χ1) is 11.7.